The fourth-order valence-electron chi connectivity index (χ4n) is 3.54. The number of aryl methyl sites for hydroxylation is 1. The molecule has 4 nitrogen and oxygen atoms in total. The Morgan fingerprint density at radius 3 is 2.32 bits per heavy atom. The largest absolute Gasteiger partial charge is 0.477 e. The van der Waals surface area contributed by atoms with Gasteiger partial charge in [0.2, 0.25) is 5.43 Å². The number of pyridine rings is 1. The van der Waals surface area contributed by atoms with Crippen LogP contribution in [0.3, 0.4) is 0 Å². The van der Waals surface area contributed by atoms with Crippen LogP contribution >= 0.6 is 23.2 Å². The first-order chi connectivity index (χ1) is 13.3. The maximum Gasteiger partial charge on any atom is 0.341 e. The minimum Gasteiger partial charge on any atom is -0.477 e. The zero-order valence-electron chi connectivity index (χ0n) is 15.7. The quantitative estimate of drug-likeness (QED) is 0.583. The smallest absolute Gasteiger partial charge is 0.341 e. The van der Waals surface area contributed by atoms with Crippen molar-refractivity contribution >= 4 is 29.2 Å². The molecule has 2 aromatic carbocycles. The third-order valence-electron chi connectivity index (χ3n) is 4.87. The van der Waals surface area contributed by atoms with Crippen molar-refractivity contribution in [3.8, 4) is 22.4 Å². The average Bonchev–Trinajstić information content (AvgIpc) is 2.64. The zero-order valence-corrected chi connectivity index (χ0v) is 17.2. The summed E-state index contributed by atoms with van der Waals surface area (Å²) in [5.41, 5.74) is 2.82. The second-order valence-corrected chi connectivity index (χ2v) is 7.32. The molecule has 0 aliphatic rings. The normalized spacial score (nSPS) is 10.9. The third-order valence-corrected chi connectivity index (χ3v) is 5.60. The van der Waals surface area contributed by atoms with E-state index in [0.29, 0.717) is 39.1 Å². The molecule has 0 bridgehead atoms. The topological polar surface area (TPSA) is 59.3 Å². The van der Waals surface area contributed by atoms with Crippen molar-refractivity contribution in [3.63, 3.8) is 0 Å². The maximum atomic E-state index is 13.3. The molecule has 0 radical (unpaired) electrons. The molecule has 0 fully saturated rings. The number of aromatic carboxylic acids is 1. The van der Waals surface area contributed by atoms with E-state index in [9.17, 15) is 14.7 Å². The molecule has 0 saturated carbocycles. The molecule has 0 aliphatic carbocycles. The van der Waals surface area contributed by atoms with Gasteiger partial charge in [0, 0.05) is 23.4 Å². The predicted molar refractivity (Wildman–Crippen MR) is 114 cm³/mol. The van der Waals surface area contributed by atoms with Crippen LogP contribution in [0.4, 0.5) is 0 Å². The summed E-state index contributed by atoms with van der Waals surface area (Å²) in [6.45, 7) is 6.13. The van der Waals surface area contributed by atoms with Gasteiger partial charge in [0.15, 0.2) is 0 Å². The summed E-state index contributed by atoms with van der Waals surface area (Å²) >= 11 is 12.2. The number of carbonyl (C=O) groups is 1. The highest BCUT2D eigenvalue weighted by Gasteiger charge is 2.26. The van der Waals surface area contributed by atoms with Crippen molar-refractivity contribution in [1.82, 2.24) is 4.57 Å². The minimum atomic E-state index is -1.27. The number of halogens is 2. The van der Waals surface area contributed by atoms with Crippen LogP contribution in [0.25, 0.3) is 22.4 Å². The van der Waals surface area contributed by atoms with Gasteiger partial charge in [-0.2, -0.15) is 0 Å². The fourth-order valence-corrected chi connectivity index (χ4v) is 3.84. The lowest BCUT2D eigenvalue weighted by molar-refractivity contribution is 0.0695. The first-order valence-electron chi connectivity index (χ1n) is 8.80. The Morgan fingerprint density at radius 1 is 1.07 bits per heavy atom. The highest BCUT2D eigenvalue weighted by molar-refractivity contribution is 6.42. The summed E-state index contributed by atoms with van der Waals surface area (Å²) in [5, 5.41) is 10.6. The van der Waals surface area contributed by atoms with Crippen molar-refractivity contribution in [2.45, 2.75) is 27.3 Å². The predicted octanol–water partition coefficient (Wildman–Crippen LogP) is 5.82. The molecule has 144 valence electrons. The number of hydrogen-bond donors (Lipinski definition) is 1. The van der Waals surface area contributed by atoms with Gasteiger partial charge in [0.05, 0.1) is 15.7 Å². The molecule has 6 heteroatoms. The lowest BCUT2D eigenvalue weighted by Gasteiger charge is -2.22. The van der Waals surface area contributed by atoms with Gasteiger partial charge in [-0.1, -0.05) is 53.5 Å². The molecule has 0 atom stereocenters. The Balaban J connectivity index is 2.49. The Bertz CT molecular complexity index is 1150. The van der Waals surface area contributed by atoms with E-state index in [1.807, 2.05) is 49.6 Å². The van der Waals surface area contributed by atoms with Crippen LogP contribution in [-0.2, 0) is 6.54 Å². The van der Waals surface area contributed by atoms with Gasteiger partial charge in [-0.25, -0.2) is 4.79 Å². The molecule has 0 aliphatic heterocycles. The first kappa shape index (κ1) is 20.2. The molecule has 0 amide bonds. The van der Waals surface area contributed by atoms with Crippen molar-refractivity contribution in [3.05, 3.63) is 79.6 Å². The van der Waals surface area contributed by atoms with E-state index in [2.05, 4.69) is 0 Å². The number of benzene rings is 2. The minimum absolute atomic E-state index is 0.274. The van der Waals surface area contributed by atoms with E-state index >= 15 is 0 Å². The molecule has 3 rings (SSSR count). The van der Waals surface area contributed by atoms with E-state index < -0.39 is 11.4 Å². The Morgan fingerprint density at radius 2 is 1.75 bits per heavy atom. The standard InChI is InChI=1S/C22H19Cl2NO3/c1-4-25-13(3)18(15-8-6-5-7-12(15)2)21(26)19(22(27)28)20(25)14-9-10-16(23)17(24)11-14/h5-11H,4H2,1-3H3,(H,27,28). The lowest BCUT2D eigenvalue weighted by atomic mass is 9.94. The number of hydrogen-bond acceptors (Lipinski definition) is 2. The van der Waals surface area contributed by atoms with Gasteiger partial charge < -0.3 is 9.67 Å². The van der Waals surface area contributed by atoms with E-state index in [1.165, 1.54) is 0 Å². The Hall–Kier alpha value is -2.56. The van der Waals surface area contributed by atoms with Crippen LogP contribution in [0.1, 0.15) is 28.5 Å². The lowest BCUT2D eigenvalue weighted by Crippen LogP contribution is -2.25. The highest BCUT2D eigenvalue weighted by Crippen LogP contribution is 2.33. The summed E-state index contributed by atoms with van der Waals surface area (Å²) in [4.78, 5) is 25.5. The molecule has 0 spiro atoms. The molecule has 3 aromatic rings. The van der Waals surface area contributed by atoms with Gasteiger partial charge in [-0.15, -0.1) is 0 Å². The summed E-state index contributed by atoms with van der Waals surface area (Å²) in [7, 11) is 0. The molecule has 1 N–H and O–H groups in total. The average molecular weight is 416 g/mol. The van der Waals surface area contributed by atoms with E-state index in [-0.39, 0.29) is 5.56 Å². The van der Waals surface area contributed by atoms with Gasteiger partial charge in [-0.05, 0) is 44.0 Å². The molecule has 1 heterocycles. The maximum absolute atomic E-state index is 13.3. The fraction of sp³-hybridized carbons (Fsp3) is 0.182. The van der Waals surface area contributed by atoms with Crippen LogP contribution in [0.5, 0.6) is 0 Å². The van der Waals surface area contributed by atoms with Gasteiger partial charge >= 0.3 is 5.97 Å². The van der Waals surface area contributed by atoms with Gasteiger partial charge in [0.1, 0.15) is 5.56 Å². The van der Waals surface area contributed by atoms with E-state index in [0.717, 1.165) is 11.1 Å². The molecule has 0 saturated heterocycles. The van der Waals surface area contributed by atoms with Crippen molar-refractivity contribution in [2.24, 2.45) is 0 Å². The highest BCUT2D eigenvalue weighted by atomic mass is 35.5. The third kappa shape index (κ3) is 3.34. The Labute approximate surface area is 173 Å². The number of carboxylic acid groups (broad SMARTS) is 1. The number of carboxylic acids is 1. The van der Waals surface area contributed by atoms with Crippen LogP contribution in [0.2, 0.25) is 10.0 Å². The molecule has 28 heavy (non-hydrogen) atoms. The second kappa shape index (κ2) is 7.82. The van der Waals surface area contributed by atoms with Crippen molar-refractivity contribution < 1.29 is 9.90 Å². The van der Waals surface area contributed by atoms with Crippen LogP contribution in [0, 0.1) is 13.8 Å². The van der Waals surface area contributed by atoms with Crippen LogP contribution in [-0.4, -0.2) is 15.6 Å². The summed E-state index contributed by atoms with van der Waals surface area (Å²) in [5.74, 6) is -1.27. The summed E-state index contributed by atoms with van der Waals surface area (Å²) < 4.78 is 1.84. The molecule has 1 aromatic heterocycles. The monoisotopic (exact) mass is 415 g/mol. The first-order valence-corrected chi connectivity index (χ1v) is 9.55. The molecular weight excluding hydrogens is 397 g/mol. The second-order valence-electron chi connectivity index (χ2n) is 6.51. The van der Waals surface area contributed by atoms with Gasteiger partial charge in [0.25, 0.3) is 0 Å². The zero-order chi connectivity index (χ0) is 20.6. The number of nitrogens with zero attached hydrogens (tertiary/aromatic N) is 1. The van der Waals surface area contributed by atoms with E-state index in [1.54, 1.807) is 18.2 Å². The van der Waals surface area contributed by atoms with Crippen LogP contribution < -0.4 is 5.43 Å². The number of aromatic nitrogens is 1. The Kier molecular flexibility index (Phi) is 5.64. The molecular formula is C22H19Cl2NO3. The van der Waals surface area contributed by atoms with Crippen LogP contribution in [0.15, 0.2) is 47.3 Å². The van der Waals surface area contributed by atoms with Crippen molar-refractivity contribution in [2.75, 3.05) is 0 Å². The molecule has 0 unspecified atom stereocenters. The summed E-state index contributed by atoms with van der Waals surface area (Å²) in [6.07, 6.45) is 0. The SMILES string of the molecule is CCn1c(C)c(-c2ccccc2C)c(=O)c(C(=O)O)c1-c1ccc(Cl)c(Cl)c1. The summed E-state index contributed by atoms with van der Waals surface area (Å²) in [6, 6.07) is 12.3. The van der Waals surface area contributed by atoms with Gasteiger partial charge in [-0.3, -0.25) is 4.79 Å². The number of rotatable bonds is 4. The van der Waals surface area contributed by atoms with Crippen molar-refractivity contribution in [1.29, 1.82) is 0 Å². The van der Waals surface area contributed by atoms with E-state index in [4.69, 9.17) is 23.2 Å².